The maximum absolute atomic E-state index is 12.3. The molecule has 4 N–H and O–H groups in total. The Morgan fingerprint density at radius 2 is 2.29 bits per heavy atom. The van der Waals surface area contributed by atoms with E-state index in [1.807, 2.05) is 6.92 Å². The first kappa shape index (κ1) is 16.3. The molecule has 1 aliphatic rings. The van der Waals surface area contributed by atoms with Gasteiger partial charge in [-0.2, -0.15) is 5.10 Å². The SMILES string of the molecule is CCCn1cc(S(=O)(=O)NCC2CCCC(O)C2)c(N)n1. The van der Waals surface area contributed by atoms with Crippen molar-refractivity contribution in [1.82, 2.24) is 14.5 Å². The molecule has 0 saturated heterocycles. The van der Waals surface area contributed by atoms with Gasteiger partial charge in [0.1, 0.15) is 4.90 Å². The maximum atomic E-state index is 12.3. The summed E-state index contributed by atoms with van der Waals surface area (Å²) < 4.78 is 28.7. The van der Waals surface area contributed by atoms with Crippen LogP contribution in [-0.2, 0) is 16.6 Å². The van der Waals surface area contributed by atoms with Crippen molar-refractivity contribution in [2.75, 3.05) is 12.3 Å². The molecule has 0 aliphatic heterocycles. The Bertz CT molecular complexity index is 570. The number of sulfonamides is 1. The summed E-state index contributed by atoms with van der Waals surface area (Å²) in [5.41, 5.74) is 5.70. The molecule has 0 spiro atoms. The Kier molecular flexibility index (Phi) is 5.23. The molecule has 2 unspecified atom stereocenters. The largest absolute Gasteiger partial charge is 0.393 e. The van der Waals surface area contributed by atoms with Crippen LogP contribution in [0.5, 0.6) is 0 Å². The predicted molar refractivity (Wildman–Crippen MR) is 80.1 cm³/mol. The van der Waals surface area contributed by atoms with Crippen LogP contribution < -0.4 is 10.5 Å². The zero-order valence-electron chi connectivity index (χ0n) is 12.3. The molecular weight excluding hydrogens is 292 g/mol. The van der Waals surface area contributed by atoms with Crippen molar-refractivity contribution in [3.05, 3.63) is 6.20 Å². The number of nitrogens with two attached hydrogens (primary N) is 1. The number of hydrogen-bond acceptors (Lipinski definition) is 5. The summed E-state index contributed by atoms with van der Waals surface area (Å²) in [6.45, 7) is 2.95. The third-order valence-corrected chi connectivity index (χ3v) is 5.25. The van der Waals surface area contributed by atoms with Crippen molar-refractivity contribution in [2.24, 2.45) is 5.92 Å². The number of aryl methyl sites for hydroxylation is 1. The van der Waals surface area contributed by atoms with Crippen LogP contribution in [0.25, 0.3) is 0 Å². The van der Waals surface area contributed by atoms with Crippen LogP contribution in [0.2, 0.25) is 0 Å². The van der Waals surface area contributed by atoms with E-state index in [1.54, 1.807) is 4.68 Å². The molecule has 0 bridgehead atoms. The molecule has 1 aromatic rings. The van der Waals surface area contributed by atoms with Crippen LogP contribution in [0.1, 0.15) is 39.0 Å². The summed E-state index contributed by atoms with van der Waals surface area (Å²) in [6.07, 6.45) is 5.33. The van der Waals surface area contributed by atoms with Gasteiger partial charge in [-0.15, -0.1) is 0 Å². The lowest BCUT2D eigenvalue weighted by Gasteiger charge is -2.25. The zero-order chi connectivity index (χ0) is 15.5. The van der Waals surface area contributed by atoms with Gasteiger partial charge >= 0.3 is 0 Å². The number of hydrogen-bond donors (Lipinski definition) is 3. The van der Waals surface area contributed by atoms with Gasteiger partial charge < -0.3 is 10.8 Å². The molecule has 21 heavy (non-hydrogen) atoms. The number of anilines is 1. The van der Waals surface area contributed by atoms with Gasteiger partial charge in [0.2, 0.25) is 10.0 Å². The number of nitrogens with one attached hydrogen (secondary N) is 1. The molecule has 8 heteroatoms. The third-order valence-electron chi connectivity index (χ3n) is 3.81. The molecule has 1 aromatic heterocycles. The van der Waals surface area contributed by atoms with E-state index in [0.717, 1.165) is 25.7 Å². The summed E-state index contributed by atoms with van der Waals surface area (Å²) in [5, 5.41) is 13.6. The highest BCUT2D eigenvalue weighted by Crippen LogP contribution is 2.24. The van der Waals surface area contributed by atoms with E-state index in [1.165, 1.54) is 6.20 Å². The molecule has 1 saturated carbocycles. The Morgan fingerprint density at radius 1 is 1.52 bits per heavy atom. The Morgan fingerprint density at radius 3 is 2.95 bits per heavy atom. The summed E-state index contributed by atoms with van der Waals surface area (Å²) >= 11 is 0. The molecule has 0 radical (unpaired) electrons. The quantitative estimate of drug-likeness (QED) is 0.715. The second kappa shape index (κ2) is 6.76. The van der Waals surface area contributed by atoms with Crippen LogP contribution in [0, 0.1) is 5.92 Å². The highest BCUT2D eigenvalue weighted by molar-refractivity contribution is 7.89. The minimum Gasteiger partial charge on any atom is -0.393 e. The van der Waals surface area contributed by atoms with Crippen molar-refractivity contribution in [3.8, 4) is 0 Å². The second-order valence-corrected chi connectivity index (χ2v) is 7.42. The highest BCUT2D eigenvalue weighted by atomic mass is 32.2. The van der Waals surface area contributed by atoms with E-state index in [-0.39, 0.29) is 22.7 Å². The minimum atomic E-state index is -3.65. The maximum Gasteiger partial charge on any atom is 0.245 e. The van der Waals surface area contributed by atoms with Crippen molar-refractivity contribution in [1.29, 1.82) is 0 Å². The van der Waals surface area contributed by atoms with Crippen molar-refractivity contribution in [2.45, 2.75) is 56.6 Å². The number of aromatic nitrogens is 2. The van der Waals surface area contributed by atoms with Crippen molar-refractivity contribution >= 4 is 15.8 Å². The number of rotatable bonds is 6. The van der Waals surface area contributed by atoms with Crippen LogP contribution in [0.15, 0.2) is 11.1 Å². The Balaban J connectivity index is 2.01. The van der Waals surface area contributed by atoms with Gasteiger partial charge in [0.25, 0.3) is 0 Å². The van der Waals surface area contributed by atoms with Crippen LogP contribution >= 0.6 is 0 Å². The average molecular weight is 316 g/mol. The number of nitrogens with zero attached hydrogens (tertiary/aromatic N) is 2. The lowest BCUT2D eigenvalue weighted by atomic mass is 9.87. The van der Waals surface area contributed by atoms with Gasteiger partial charge in [-0.3, -0.25) is 4.68 Å². The fourth-order valence-electron chi connectivity index (χ4n) is 2.72. The normalized spacial score (nSPS) is 23.3. The fourth-order valence-corrected chi connectivity index (χ4v) is 3.91. The first-order valence-corrected chi connectivity index (χ1v) is 8.91. The molecule has 7 nitrogen and oxygen atoms in total. The van der Waals surface area contributed by atoms with E-state index in [4.69, 9.17) is 5.73 Å². The summed E-state index contributed by atoms with van der Waals surface area (Å²) in [4.78, 5) is 0.0345. The van der Waals surface area contributed by atoms with Crippen LogP contribution in [0.3, 0.4) is 0 Å². The standard InChI is InChI=1S/C13H24N4O3S/c1-2-6-17-9-12(13(14)16-17)21(19,20)15-8-10-4-3-5-11(18)7-10/h9-11,15,18H,2-8H2,1H3,(H2,14,16). The molecule has 0 aromatic carbocycles. The monoisotopic (exact) mass is 316 g/mol. The lowest BCUT2D eigenvalue weighted by Crippen LogP contribution is -2.33. The smallest absolute Gasteiger partial charge is 0.245 e. The summed E-state index contributed by atoms with van der Waals surface area (Å²) in [6, 6.07) is 0. The molecule has 0 amide bonds. The molecule has 1 heterocycles. The molecule has 120 valence electrons. The van der Waals surface area contributed by atoms with Gasteiger partial charge in [0.05, 0.1) is 6.10 Å². The number of aliphatic hydroxyl groups excluding tert-OH is 1. The Labute approximate surface area is 125 Å². The van der Waals surface area contributed by atoms with E-state index in [0.29, 0.717) is 19.5 Å². The number of nitrogen functional groups attached to an aromatic ring is 1. The molecule has 1 fully saturated rings. The molecule has 2 atom stereocenters. The fraction of sp³-hybridized carbons (Fsp3) is 0.769. The third kappa shape index (κ3) is 4.18. The van der Waals surface area contributed by atoms with E-state index < -0.39 is 10.0 Å². The van der Waals surface area contributed by atoms with E-state index >= 15 is 0 Å². The lowest BCUT2D eigenvalue weighted by molar-refractivity contribution is 0.102. The van der Waals surface area contributed by atoms with Gasteiger partial charge in [-0.25, -0.2) is 13.1 Å². The topological polar surface area (TPSA) is 110 Å². The van der Waals surface area contributed by atoms with Crippen molar-refractivity contribution < 1.29 is 13.5 Å². The molecular formula is C13H24N4O3S. The minimum absolute atomic E-state index is 0.0274. The van der Waals surface area contributed by atoms with Gasteiger partial charge in [0.15, 0.2) is 5.82 Å². The van der Waals surface area contributed by atoms with Crippen LogP contribution in [-0.4, -0.2) is 36.0 Å². The van der Waals surface area contributed by atoms with Crippen molar-refractivity contribution in [3.63, 3.8) is 0 Å². The van der Waals surface area contributed by atoms with Gasteiger partial charge in [-0.1, -0.05) is 13.3 Å². The Hall–Kier alpha value is -1.12. The average Bonchev–Trinajstić information content (AvgIpc) is 2.79. The van der Waals surface area contributed by atoms with Gasteiger partial charge in [-0.05, 0) is 31.6 Å². The highest BCUT2D eigenvalue weighted by Gasteiger charge is 2.25. The predicted octanol–water partition coefficient (Wildman–Crippen LogP) is 0.705. The zero-order valence-corrected chi connectivity index (χ0v) is 13.1. The van der Waals surface area contributed by atoms with Crippen LogP contribution in [0.4, 0.5) is 5.82 Å². The van der Waals surface area contributed by atoms with E-state index in [9.17, 15) is 13.5 Å². The number of aliphatic hydroxyl groups is 1. The first-order chi connectivity index (χ1) is 9.92. The molecule has 2 rings (SSSR count). The summed E-state index contributed by atoms with van der Waals surface area (Å²) in [7, 11) is -3.65. The summed E-state index contributed by atoms with van der Waals surface area (Å²) in [5.74, 6) is 0.204. The molecule has 1 aliphatic carbocycles. The van der Waals surface area contributed by atoms with Gasteiger partial charge in [0, 0.05) is 19.3 Å². The first-order valence-electron chi connectivity index (χ1n) is 7.43. The van der Waals surface area contributed by atoms with E-state index in [2.05, 4.69) is 9.82 Å². The second-order valence-electron chi connectivity index (χ2n) is 5.68.